The number of amides is 2. The maximum atomic E-state index is 12.3. The van der Waals surface area contributed by atoms with Gasteiger partial charge in [0.2, 0.25) is 0 Å². The molecule has 1 heterocycles. The Balaban J connectivity index is 1.49. The van der Waals surface area contributed by atoms with E-state index in [1.165, 1.54) is 18.3 Å². The van der Waals surface area contributed by atoms with Gasteiger partial charge in [0.1, 0.15) is 12.3 Å². The first-order valence-corrected chi connectivity index (χ1v) is 10.9. The summed E-state index contributed by atoms with van der Waals surface area (Å²) in [6.45, 7) is 3.29. The molecule has 2 amide bonds. The maximum Gasteiger partial charge on any atom is 0.326 e. The predicted molar refractivity (Wildman–Crippen MR) is 122 cm³/mol. The fraction of sp³-hybridized carbons (Fsp3) is 0.217. The van der Waals surface area contributed by atoms with Gasteiger partial charge in [0.05, 0.1) is 17.9 Å². The minimum absolute atomic E-state index is 0.311. The first kappa shape index (κ1) is 23.0. The number of anilines is 1. The largest absolute Gasteiger partial charge is 0.493 e. The van der Waals surface area contributed by atoms with E-state index in [2.05, 4.69) is 15.6 Å². The summed E-state index contributed by atoms with van der Waals surface area (Å²) in [5, 5.41) is 7.35. The molecule has 0 saturated heterocycles. The molecular formula is C23H23N3O5S. The van der Waals surface area contributed by atoms with Crippen LogP contribution >= 0.6 is 11.3 Å². The van der Waals surface area contributed by atoms with Gasteiger partial charge in [-0.25, -0.2) is 4.98 Å². The quantitative estimate of drug-likeness (QED) is 0.480. The van der Waals surface area contributed by atoms with Crippen LogP contribution in [0.1, 0.15) is 24.2 Å². The molecule has 1 aromatic heterocycles. The van der Waals surface area contributed by atoms with Gasteiger partial charge in [-0.05, 0) is 26.0 Å². The topological polar surface area (TPSA) is 107 Å². The standard InChI is InChI=1S/C23H23N3O5S/c1-3-30-19-12-8-7-11-17(19)22(29)24-13-20(27)31-15(2)21(28)26-23-25-18(14-32-23)16-9-5-4-6-10-16/h4-12,14-15H,3,13H2,1-2H3,(H,24,29)(H,25,26,28). The van der Waals surface area contributed by atoms with Gasteiger partial charge in [-0.1, -0.05) is 42.5 Å². The molecular weight excluding hydrogens is 430 g/mol. The summed E-state index contributed by atoms with van der Waals surface area (Å²) in [5.41, 5.74) is 1.99. The number of ether oxygens (including phenoxy) is 2. The number of aromatic nitrogens is 1. The molecule has 0 aliphatic heterocycles. The van der Waals surface area contributed by atoms with E-state index in [0.717, 1.165) is 11.3 Å². The molecule has 0 spiro atoms. The van der Waals surface area contributed by atoms with Crippen LogP contribution in [-0.4, -0.2) is 42.0 Å². The number of benzene rings is 2. The molecule has 166 valence electrons. The number of para-hydroxylation sites is 1. The smallest absolute Gasteiger partial charge is 0.326 e. The van der Waals surface area contributed by atoms with E-state index in [9.17, 15) is 14.4 Å². The Kier molecular flexibility index (Phi) is 7.93. The number of nitrogens with zero attached hydrogens (tertiary/aromatic N) is 1. The van der Waals surface area contributed by atoms with Crippen LogP contribution in [0.5, 0.6) is 5.75 Å². The molecule has 9 heteroatoms. The first-order chi connectivity index (χ1) is 15.5. The summed E-state index contributed by atoms with van der Waals surface area (Å²) < 4.78 is 10.5. The van der Waals surface area contributed by atoms with Crippen molar-refractivity contribution in [3.8, 4) is 17.0 Å². The molecule has 2 aromatic carbocycles. The Bertz CT molecular complexity index is 1080. The van der Waals surface area contributed by atoms with Crippen molar-refractivity contribution in [2.45, 2.75) is 20.0 Å². The lowest BCUT2D eigenvalue weighted by Gasteiger charge is -2.13. The lowest BCUT2D eigenvalue weighted by atomic mass is 10.2. The van der Waals surface area contributed by atoms with Gasteiger partial charge in [0.15, 0.2) is 11.2 Å². The molecule has 2 N–H and O–H groups in total. The van der Waals surface area contributed by atoms with Gasteiger partial charge < -0.3 is 14.8 Å². The minimum atomic E-state index is -1.06. The van der Waals surface area contributed by atoms with Gasteiger partial charge in [-0.15, -0.1) is 11.3 Å². The third-order valence-electron chi connectivity index (χ3n) is 4.31. The van der Waals surface area contributed by atoms with Crippen LogP contribution in [0.3, 0.4) is 0 Å². The minimum Gasteiger partial charge on any atom is -0.493 e. The van der Waals surface area contributed by atoms with Crippen molar-refractivity contribution in [3.05, 3.63) is 65.5 Å². The summed E-state index contributed by atoms with van der Waals surface area (Å²) in [6, 6.07) is 16.3. The Morgan fingerprint density at radius 2 is 1.78 bits per heavy atom. The van der Waals surface area contributed by atoms with Crippen LogP contribution in [0.25, 0.3) is 11.3 Å². The molecule has 3 rings (SSSR count). The van der Waals surface area contributed by atoms with Crippen molar-refractivity contribution < 1.29 is 23.9 Å². The van der Waals surface area contributed by atoms with Gasteiger partial charge in [0.25, 0.3) is 11.8 Å². The van der Waals surface area contributed by atoms with Crippen molar-refractivity contribution in [3.63, 3.8) is 0 Å². The number of hydrogen-bond acceptors (Lipinski definition) is 7. The summed E-state index contributed by atoms with van der Waals surface area (Å²) >= 11 is 1.27. The average molecular weight is 454 g/mol. The summed E-state index contributed by atoms with van der Waals surface area (Å²) in [5.74, 6) is -1.30. The lowest BCUT2D eigenvalue weighted by molar-refractivity contribution is -0.152. The summed E-state index contributed by atoms with van der Waals surface area (Å²) in [7, 11) is 0. The molecule has 0 aliphatic rings. The van der Waals surface area contributed by atoms with Crippen molar-refractivity contribution in [2.24, 2.45) is 0 Å². The highest BCUT2D eigenvalue weighted by Gasteiger charge is 2.20. The van der Waals surface area contributed by atoms with Gasteiger partial charge >= 0.3 is 5.97 Å². The number of carbonyl (C=O) groups excluding carboxylic acids is 3. The van der Waals surface area contributed by atoms with E-state index in [0.29, 0.717) is 23.1 Å². The number of hydrogen-bond donors (Lipinski definition) is 2. The zero-order chi connectivity index (χ0) is 22.9. The molecule has 8 nitrogen and oxygen atoms in total. The van der Waals surface area contributed by atoms with Gasteiger partial charge in [-0.3, -0.25) is 19.7 Å². The second-order valence-corrected chi connectivity index (χ2v) is 7.50. The van der Waals surface area contributed by atoms with E-state index in [4.69, 9.17) is 9.47 Å². The van der Waals surface area contributed by atoms with Gasteiger partial charge in [0, 0.05) is 10.9 Å². The third kappa shape index (κ3) is 6.14. The molecule has 32 heavy (non-hydrogen) atoms. The van der Waals surface area contributed by atoms with E-state index >= 15 is 0 Å². The number of carbonyl (C=O) groups is 3. The van der Waals surface area contributed by atoms with Crippen molar-refractivity contribution in [1.82, 2.24) is 10.3 Å². The average Bonchev–Trinajstić information content (AvgIpc) is 3.27. The zero-order valence-corrected chi connectivity index (χ0v) is 18.5. The van der Waals surface area contributed by atoms with Crippen molar-refractivity contribution in [2.75, 3.05) is 18.5 Å². The molecule has 0 saturated carbocycles. The van der Waals surface area contributed by atoms with Crippen LogP contribution in [-0.2, 0) is 14.3 Å². The van der Waals surface area contributed by atoms with E-state index in [-0.39, 0.29) is 6.54 Å². The SMILES string of the molecule is CCOc1ccccc1C(=O)NCC(=O)OC(C)C(=O)Nc1nc(-c2ccccc2)cs1. The summed E-state index contributed by atoms with van der Waals surface area (Å²) in [4.78, 5) is 41.1. The van der Waals surface area contributed by atoms with E-state index < -0.39 is 23.9 Å². The molecule has 1 atom stereocenters. The fourth-order valence-electron chi connectivity index (χ4n) is 2.76. The van der Waals surface area contributed by atoms with Crippen LogP contribution in [0.4, 0.5) is 5.13 Å². The predicted octanol–water partition coefficient (Wildman–Crippen LogP) is 3.51. The lowest BCUT2D eigenvalue weighted by Crippen LogP contribution is -2.36. The maximum absolute atomic E-state index is 12.3. The zero-order valence-electron chi connectivity index (χ0n) is 17.7. The Labute approximate surface area is 189 Å². The Morgan fingerprint density at radius 3 is 2.53 bits per heavy atom. The number of nitrogens with one attached hydrogen (secondary N) is 2. The molecule has 0 aliphatic carbocycles. The summed E-state index contributed by atoms with van der Waals surface area (Å²) in [6.07, 6.45) is -1.06. The highest BCUT2D eigenvalue weighted by Crippen LogP contribution is 2.24. The van der Waals surface area contributed by atoms with Crippen molar-refractivity contribution >= 4 is 34.3 Å². The van der Waals surface area contributed by atoms with Crippen LogP contribution in [0.15, 0.2) is 60.0 Å². The second-order valence-electron chi connectivity index (χ2n) is 6.64. The molecule has 0 fully saturated rings. The van der Waals surface area contributed by atoms with Crippen LogP contribution < -0.4 is 15.4 Å². The third-order valence-corrected chi connectivity index (χ3v) is 5.06. The highest BCUT2D eigenvalue weighted by molar-refractivity contribution is 7.14. The normalized spacial score (nSPS) is 11.3. The fourth-order valence-corrected chi connectivity index (χ4v) is 3.48. The molecule has 3 aromatic rings. The Morgan fingerprint density at radius 1 is 1.06 bits per heavy atom. The molecule has 1 unspecified atom stereocenters. The number of rotatable bonds is 9. The molecule has 0 radical (unpaired) electrons. The van der Waals surface area contributed by atoms with E-state index in [1.54, 1.807) is 24.3 Å². The number of thiazole rings is 1. The van der Waals surface area contributed by atoms with Crippen LogP contribution in [0.2, 0.25) is 0 Å². The number of esters is 1. The monoisotopic (exact) mass is 453 g/mol. The Hall–Kier alpha value is -3.72. The second kappa shape index (κ2) is 11.1. The van der Waals surface area contributed by atoms with Crippen molar-refractivity contribution in [1.29, 1.82) is 0 Å². The highest BCUT2D eigenvalue weighted by atomic mass is 32.1. The molecule has 0 bridgehead atoms. The van der Waals surface area contributed by atoms with Crippen LogP contribution in [0, 0.1) is 0 Å². The first-order valence-electron chi connectivity index (χ1n) is 9.99. The van der Waals surface area contributed by atoms with Gasteiger partial charge in [-0.2, -0.15) is 0 Å². The van der Waals surface area contributed by atoms with E-state index in [1.807, 2.05) is 42.6 Å².